The fourth-order valence-electron chi connectivity index (χ4n) is 3.43. The van der Waals surface area contributed by atoms with Gasteiger partial charge in [0, 0.05) is 17.6 Å². The van der Waals surface area contributed by atoms with Crippen LogP contribution in [0, 0.1) is 13.8 Å². The number of piperidine rings is 1. The van der Waals surface area contributed by atoms with E-state index in [0.29, 0.717) is 34.3 Å². The largest absolute Gasteiger partial charge is 0.281 e. The number of H-pyrrole nitrogens is 1. The molecule has 1 unspecified atom stereocenters. The lowest BCUT2D eigenvalue weighted by Crippen LogP contribution is -2.45. The lowest BCUT2D eigenvalue weighted by molar-refractivity contribution is 0.251. The molecule has 7 heteroatoms. The first kappa shape index (κ1) is 17.5. The summed E-state index contributed by atoms with van der Waals surface area (Å²) in [5.41, 5.74) is 2.23. The predicted molar refractivity (Wildman–Crippen MR) is 94.7 cm³/mol. The zero-order chi connectivity index (χ0) is 17.3. The van der Waals surface area contributed by atoms with Crippen molar-refractivity contribution in [3.63, 3.8) is 0 Å². The number of nitrogens with one attached hydrogen (secondary N) is 1. The normalized spacial score (nSPS) is 19.5. The van der Waals surface area contributed by atoms with Gasteiger partial charge in [-0.2, -0.15) is 9.40 Å². The number of aromatic nitrogens is 2. The summed E-state index contributed by atoms with van der Waals surface area (Å²) in [6.07, 6.45) is 3.52. The third-order valence-electron chi connectivity index (χ3n) is 4.58. The van der Waals surface area contributed by atoms with E-state index in [0.717, 1.165) is 24.8 Å². The highest BCUT2D eigenvalue weighted by Gasteiger charge is 2.36. The summed E-state index contributed by atoms with van der Waals surface area (Å²) < 4.78 is 28.0. The Morgan fingerprint density at radius 2 is 1.96 bits per heavy atom. The first-order chi connectivity index (χ1) is 11.4. The highest BCUT2D eigenvalue weighted by molar-refractivity contribution is 7.89. The molecule has 1 N–H and O–H groups in total. The highest BCUT2D eigenvalue weighted by atomic mass is 35.5. The minimum absolute atomic E-state index is 0.0291. The summed E-state index contributed by atoms with van der Waals surface area (Å²) in [7, 11) is -3.54. The fraction of sp³-hybridized carbons (Fsp3) is 0.471. The Labute approximate surface area is 148 Å². The Bertz CT molecular complexity index is 795. The van der Waals surface area contributed by atoms with Crippen LogP contribution in [-0.2, 0) is 16.4 Å². The average molecular weight is 368 g/mol. The van der Waals surface area contributed by atoms with Gasteiger partial charge >= 0.3 is 0 Å². The molecule has 0 amide bonds. The number of nitrogens with zero attached hydrogens (tertiary/aromatic N) is 2. The van der Waals surface area contributed by atoms with Gasteiger partial charge in [-0.25, -0.2) is 8.42 Å². The van der Waals surface area contributed by atoms with Crippen LogP contribution in [0.15, 0.2) is 29.2 Å². The third-order valence-corrected chi connectivity index (χ3v) is 7.05. The molecule has 0 aliphatic carbocycles. The summed E-state index contributed by atoms with van der Waals surface area (Å²) in [6.45, 7) is 4.05. The van der Waals surface area contributed by atoms with Gasteiger partial charge < -0.3 is 0 Å². The van der Waals surface area contributed by atoms with Crippen molar-refractivity contribution in [3.8, 4) is 0 Å². The van der Waals surface area contributed by atoms with Gasteiger partial charge in [0.25, 0.3) is 0 Å². The summed E-state index contributed by atoms with van der Waals surface area (Å²) in [5.74, 6) is 0. The van der Waals surface area contributed by atoms with Crippen LogP contribution >= 0.6 is 11.6 Å². The number of hydrogen-bond acceptors (Lipinski definition) is 3. The van der Waals surface area contributed by atoms with Gasteiger partial charge in [0.1, 0.15) is 4.90 Å². The van der Waals surface area contributed by atoms with Crippen molar-refractivity contribution in [1.29, 1.82) is 0 Å². The zero-order valence-electron chi connectivity index (χ0n) is 13.9. The summed E-state index contributed by atoms with van der Waals surface area (Å²) in [5, 5.41) is 7.52. The van der Waals surface area contributed by atoms with Crippen LogP contribution in [0.5, 0.6) is 0 Å². The van der Waals surface area contributed by atoms with E-state index in [4.69, 9.17) is 11.6 Å². The van der Waals surface area contributed by atoms with Crippen LogP contribution in [0.25, 0.3) is 0 Å². The van der Waals surface area contributed by atoms with E-state index in [-0.39, 0.29) is 6.04 Å². The molecule has 1 saturated heterocycles. The summed E-state index contributed by atoms with van der Waals surface area (Å²) in [6, 6.07) is 7.61. The molecule has 0 bridgehead atoms. The molecular weight excluding hydrogens is 346 g/mol. The number of aromatic amines is 1. The second-order valence-electron chi connectivity index (χ2n) is 6.36. The van der Waals surface area contributed by atoms with Crippen molar-refractivity contribution in [2.75, 3.05) is 6.54 Å². The third kappa shape index (κ3) is 3.36. The molecule has 0 saturated carbocycles. The molecule has 1 aromatic heterocycles. The van der Waals surface area contributed by atoms with E-state index in [9.17, 15) is 8.42 Å². The van der Waals surface area contributed by atoms with Gasteiger partial charge in [0.2, 0.25) is 10.0 Å². The van der Waals surface area contributed by atoms with Gasteiger partial charge in [0.15, 0.2) is 0 Å². The highest BCUT2D eigenvalue weighted by Crippen LogP contribution is 2.30. The molecule has 1 aromatic carbocycles. The van der Waals surface area contributed by atoms with Crippen LogP contribution in [0.4, 0.5) is 0 Å². The maximum absolute atomic E-state index is 13.2. The predicted octanol–water partition coefficient (Wildman–Crippen LogP) is 3.47. The monoisotopic (exact) mass is 367 g/mol. The van der Waals surface area contributed by atoms with Crippen LogP contribution in [-0.4, -0.2) is 35.5 Å². The molecule has 3 rings (SSSR count). The Hall–Kier alpha value is -1.37. The lowest BCUT2D eigenvalue weighted by Gasteiger charge is -2.35. The minimum atomic E-state index is -3.54. The lowest BCUT2D eigenvalue weighted by atomic mass is 9.98. The van der Waals surface area contributed by atoms with Gasteiger partial charge in [0.05, 0.1) is 11.4 Å². The van der Waals surface area contributed by atoms with E-state index in [1.54, 1.807) is 18.2 Å². The molecular formula is C17H22ClN3O2S. The molecule has 1 fully saturated rings. The average Bonchev–Trinajstić information content (AvgIpc) is 2.89. The molecule has 2 heterocycles. The Balaban J connectivity index is 1.90. The van der Waals surface area contributed by atoms with Gasteiger partial charge in [-0.05, 0) is 50.8 Å². The second kappa shape index (κ2) is 6.86. The maximum Gasteiger partial charge on any atom is 0.246 e. The van der Waals surface area contributed by atoms with Crippen molar-refractivity contribution >= 4 is 21.6 Å². The number of rotatable bonds is 4. The molecule has 1 aliphatic rings. The zero-order valence-corrected chi connectivity index (χ0v) is 15.5. The maximum atomic E-state index is 13.2. The van der Waals surface area contributed by atoms with Crippen LogP contribution < -0.4 is 0 Å². The van der Waals surface area contributed by atoms with Crippen LogP contribution in [0.1, 0.15) is 36.2 Å². The van der Waals surface area contributed by atoms with Crippen molar-refractivity contribution in [2.45, 2.75) is 50.5 Å². The first-order valence-electron chi connectivity index (χ1n) is 8.17. The van der Waals surface area contributed by atoms with Crippen LogP contribution in [0.2, 0.25) is 5.02 Å². The summed E-state index contributed by atoms with van der Waals surface area (Å²) in [4.78, 5) is 0.325. The number of hydrogen-bond donors (Lipinski definition) is 1. The van der Waals surface area contributed by atoms with E-state index in [1.165, 1.54) is 0 Å². The topological polar surface area (TPSA) is 66.1 Å². The van der Waals surface area contributed by atoms with Crippen molar-refractivity contribution in [3.05, 3.63) is 46.2 Å². The molecule has 1 atom stereocenters. The SMILES string of the molecule is Cc1n[nH]c(C)c1S(=O)(=O)N1CCCCC1Cc1ccc(Cl)cc1. The molecule has 2 aromatic rings. The number of benzene rings is 1. The van der Waals surface area contributed by atoms with Crippen molar-refractivity contribution < 1.29 is 8.42 Å². The van der Waals surface area contributed by atoms with E-state index in [2.05, 4.69) is 10.2 Å². The summed E-state index contributed by atoms with van der Waals surface area (Å²) >= 11 is 5.94. The Morgan fingerprint density at radius 3 is 2.58 bits per heavy atom. The molecule has 0 radical (unpaired) electrons. The second-order valence-corrected chi connectivity index (χ2v) is 8.62. The number of sulfonamides is 1. The first-order valence-corrected chi connectivity index (χ1v) is 9.99. The molecule has 0 spiro atoms. The Morgan fingerprint density at radius 1 is 1.25 bits per heavy atom. The van der Waals surface area contributed by atoms with Crippen LogP contribution in [0.3, 0.4) is 0 Å². The van der Waals surface area contributed by atoms with Crippen molar-refractivity contribution in [2.24, 2.45) is 0 Å². The standard InChI is InChI=1S/C17H22ClN3O2S/c1-12-17(13(2)20-19-12)24(22,23)21-10-4-3-5-16(21)11-14-6-8-15(18)9-7-14/h6-9,16H,3-5,10-11H2,1-2H3,(H,19,20). The molecule has 5 nitrogen and oxygen atoms in total. The van der Waals surface area contributed by atoms with Crippen molar-refractivity contribution in [1.82, 2.24) is 14.5 Å². The molecule has 24 heavy (non-hydrogen) atoms. The van der Waals surface area contributed by atoms with Gasteiger partial charge in [-0.3, -0.25) is 5.10 Å². The number of aryl methyl sites for hydroxylation is 2. The quantitative estimate of drug-likeness (QED) is 0.899. The van der Waals surface area contributed by atoms with Gasteiger partial charge in [-0.15, -0.1) is 0 Å². The molecule has 1 aliphatic heterocycles. The minimum Gasteiger partial charge on any atom is -0.281 e. The fourth-order valence-corrected chi connectivity index (χ4v) is 5.58. The number of halogens is 1. The van der Waals surface area contributed by atoms with E-state index in [1.807, 2.05) is 24.3 Å². The Kier molecular flexibility index (Phi) is 4.99. The van der Waals surface area contributed by atoms with E-state index < -0.39 is 10.0 Å². The smallest absolute Gasteiger partial charge is 0.246 e. The molecule has 130 valence electrons. The van der Waals surface area contributed by atoms with E-state index >= 15 is 0 Å². The van der Waals surface area contributed by atoms with Gasteiger partial charge in [-0.1, -0.05) is 30.2 Å².